The molecule has 0 radical (unpaired) electrons. The molecule has 2 N–H and O–H groups in total. The molecule has 1 aliphatic carbocycles. The fourth-order valence-corrected chi connectivity index (χ4v) is 2.85. The lowest BCUT2D eigenvalue weighted by Crippen LogP contribution is -2.29. The first-order chi connectivity index (χ1) is 10.7. The lowest BCUT2D eigenvalue weighted by Gasteiger charge is -2.25. The molecule has 1 aromatic carbocycles. The first kappa shape index (κ1) is 17.3. The lowest BCUT2D eigenvalue weighted by atomic mass is 9.81. The van der Waals surface area contributed by atoms with Gasteiger partial charge in [0.05, 0.1) is 11.5 Å². The van der Waals surface area contributed by atoms with Crippen molar-refractivity contribution in [2.45, 2.75) is 38.8 Å². The third kappa shape index (κ3) is 4.24. The summed E-state index contributed by atoms with van der Waals surface area (Å²) in [6, 6.07) is 3.68. The summed E-state index contributed by atoms with van der Waals surface area (Å²) in [5, 5.41) is 11.4. The van der Waals surface area contributed by atoms with Crippen LogP contribution < -0.4 is 5.32 Å². The van der Waals surface area contributed by atoms with Gasteiger partial charge in [-0.05, 0) is 50.3 Å². The zero-order valence-corrected chi connectivity index (χ0v) is 12.6. The Morgan fingerprint density at radius 1 is 1.13 bits per heavy atom. The van der Waals surface area contributed by atoms with Crippen LogP contribution in [0.5, 0.6) is 0 Å². The maximum atomic E-state index is 12.9. The van der Waals surface area contributed by atoms with E-state index in [-0.39, 0.29) is 23.1 Å². The maximum absolute atomic E-state index is 12.9. The zero-order chi connectivity index (χ0) is 17.2. The highest BCUT2D eigenvalue weighted by Crippen LogP contribution is 2.34. The van der Waals surface area contributed by atoms with Gasteiger partial charge in [0.25, 0.3) is 0 Å². The molecule has 1 fully saturated rings. The SMILES string of the molecule is Cc1ccc(NC(=O)C2CCC(C(=O)O)CC2)cc1C(F)(F)F. The van der Waals surface area contributed by atoms with E-state index in [2.05, 4.69) is 5.32 Å². The van der Waals surface area contributed by atoms with Crippen molar-refractivity contribution < 1.29 is 27.9 Å². The van der Waals surface area contributed by atoms with E-state index in [0.29, 0.717) is 25.7 Å². The fourth-order valence-electron chi connectivity index (χ4n) is 2.85. The predicted molar refractivity (Wildman–Crippen MR) is 77.9 cm³/mol. The van der Waals surface area contributed by atoms with Gasteiger partial charge in [0, 0.05) is 11.6 Å². The third-order valence-corrected chi connectivity index (χ3v) is 4.26. The second kappa shape index (κ2) is 6.60. The predicted octanol–water partition coefficient (Wildman–Crippen LogP) is 3.84. The molecule has 0 heterocycles. The molecule has 0 spiro atoms. The maximum Gasteiger partial charge on any atom is 0.416 e. The van der Waals surface area contributed by atoms with Gasteiger partial charge in [0.2, 0.25) is 5.91 Å². The number of carbonyl (C=O) groups is 2. The average Bonchev–Trinajstić information content (AvgIpc) is 2.48. The van der Waals surface area contributed by atoms with E-state index < -0.39 is 23.6 Å². The van der Waals surface area contributed by atoms with Crippen LogP contribution in [0.25, 0.3) is 0 Å². The number of aryl methyl sites for hydroxylation is 1. The van der Waals surface area contributed by atoms with Gasteiger partial charge < -0.3 is 10.4 Å². The monoisotopic (exact) mass is 329 g/mol. The number of anilines is 1. The molecule has 0 unspecified atom stereocenters. The number of nitrogens with one attached hydrogen (secondary N) is 1. The van der Waals surface area contributed by atoms with Gasteiger partial charge in [-0.2, -0.15) is 13.2 Å². The van der Waals surface area contributed by atoms with Crippen LogP contribution in [-0.2, 0) is 15.8 Å². The summed E-state index contributed by atoms with van der Waals surface area (Å²) in [4.78, 5) is 23.0. The summed E-state index contributed by atoms with van der Waals surface area (Å²) >= 11 is 0. The van der Waals surface area contributed by atoms with Crippen molar-refractivity contribution in [3.63, 3.8) is 0 Å². The van der Waals surface area contributed by atoms with Gasteiger partial charge in [-0.1, -0.05) is 6.07 Å². The highest BCUT2D eigenvalue weighted by molar-refractivity contribution is 5.92. The van der Waals surface area contributed by atoms with E-state index in [4.69, 9.17) is 5.11 Å². The number of carbonyl (C=O) groups excluding carboxylic acids is 1. The number of carboxylic acid groups (broad SMARTS) is 1. The van der Waals surface area contributed by atoms with Gasteiger partial charge in [0.15, 0.2) is 0 Å². The van der Waals surface area contributed by atoms with E-state index in [0.717, 1.165) is 6.07 Å². The molecular weight excluding hydrogens is 311 g/mol. The highest BCUT2D eigenvalue weighted by Gasteiger charge is 2.33. The van der Waals surface area contributed by atoms with Crippen LogP contribution in [0.3, 0.4) is 0 Å². The largest absolute Gasteiger partial charge is 0.481 e. The number of benzene rings is 1. The molecular formula is C16H18F3NO3. The molecule has 1 saturated carbocycles. The van der Waals surface area contributed by atoms with Crippen LogP contribution in [0.2, 0.25) is 0 Å². The number of hydrogen-bond acceptors (Lipinski definition) is 2. The van der Waals surface area contributed by atoms with Crippen LogP contribution in [-0.4, -0.2) is 17.0 Å². The molecule has 23 heavy (non-hydrogen) atoms. The minimum absolute atomic E-state index is 0.0949. The van der Waals surface area contributed by atoms with Crippen molar-refractivity contribution in [1.29, 1.82) is 0 Å². The van der Waals surface area contributed by atoms with E-state index >= 15 is 0 Å². The molecule has 1 amide bonds. The van der Waals surface area contributed by atoms with Crippen LogP contribution in [0.1, 0.15) is 36.8 Å². The Labute approximate surface area is 131 Å². The molecule has 2 rings (SSSR count). The Kier molecular flexibility index (Phi) is 4.97. The summed E-state index contributed by atoms with van der Waals surface area (Å²) < 4.78 is 38.6. The van der Waals surface area contributed by atoms with Crippen molar-refractivity contribution in [2.75, 3.05) is 5.32 Å². The first-order valence-corrected chi connectivity index (χ1v) is 7.40. The number of amides is 1. The van der Waals surface area contributed by atoms with Gasteiger partial charge in [-0.15, -0.1) is 0 Å². The number of alkyl halides is 3. The van der Waals surface area contributed by atoms with Crippen LogP contribution in [0, 0.1) is 18.8 Å². The summed E-state index contributed by atoms with van der Waals surface area (Å²) in [5.41, 5.74) is -0.573. The topological polar surface area (TPSA) is 66.4 Å². The number of aliphatic carboxylic acids is 1. The first-order valence-electron chi connectivity index (χ1n) is 7.40. The molecule has 0 aromatic heterocycles. The summed E-state index contributed by atoms with van der Waals surface area (Å²) in [5.74, 6) is -2.01. The average molecular weight is 329 g/mol. The molecule has 4 nitrogen and oxygen atoms in total. The Morgan fingerprint density at radius 3 is 2.22 bits per heavy atom. The Hall–Kier alpha value is -2.05. The molecule has 126 valence electrons. The van der Waals surface area contributed by atoms with E-state index in [1.54, 1.807) is 0 Å². The van der Waals surface area contributed by atoms with Crippen molar-refractivity contribution in [2.24, 2.45) is 11.8 Å². The normalized spacial score (nSPS) is 21.7. The molecule has 1 aliphatic rings. The molecule has 0 bridgehead atoms. The van der Waals surface area contributed by atoms with Crippen molar-refractivity contribution in [3.8, 4) is 0 Å². The summed E-state index contributed by atoms with van der Waals surface area (Å²) in [7, 11) is 0. The number of carboxylic acids is 1. The highest BCUT2D eigenvalue weighted by atomic mass is 19.4. The van der Waals surface area contributed by atoms with Crippen LogP contribution >= 0.6 is 0 Å². The lowest BCUT2D eigenvalue weighted by molar-refractivity contribution is -0.143. The van der Waals surface area contributed by atoms with E-state index in [9.17, 15) is 22.8 Å². The standard InChI is InChI=1S/C16H18F3NO3/c1-9-2-7-12(8-13(9)16(17,18)19)20-14(21)10-3-5-11(6-4-10)15(22)23/h2,7-8,10-11H,3-6H2,1H3,(H,20,21)(H,22,23). The fraction of sp³-hybridized carbons (Fsp3) is 0.500. The van der Waals surface area contributed by atoms with Crippen molar-refractivity contribution >= 4 is 17.6 Å². The number of rotatable bonds is 3. The number of halogens is 3. The van der Waals surface area contributed by atoms with Gasteiger partial charge in [-0.3, -0.25) is 9.59 Å². The minimum atomic E-state index is -4.47. The molecule has 1 aromatic rings. The van der Waals surface area contributed by atoms with Crippen molar-refractivity contribution in [1.82, 2.24) is 0 Å². The summed E-state index contributed by atoms with van der Waals surface area (Å²) in [6.45, 7) is 1.36. The van der Waals surface area contributed by atoms with Gasteiger partial charge in [-0.25, -0.2) is 0 Å². The summed E-state index contributed by atoms with van der Waals surface area (Å²) in [6.07, 6.45) is -2.78. The molecule has 7 heteroatoms. The Morgan fingerprint density at radius 2 is 1.70 bits per heavy atom. The quantitative estimate of drug-likeness (QED) is 0.885. The second-order valence-electron chi connectivity index (χ2n) is 5.90. The number of hydrogen-bond donors (Lipinski definition) is 2. The Bertz CT molecular complexity index is 605. The second-order valence-corrected chi connectivity index (χ2v) is 5.90. The zero-order valence-electron chi connectivity index (χ0n) is 12.6. The van der Waals surface area contributed by atoms with Crippen molar-refractivity contribution in [3.05, 3.63) is 29.3 Å². The van der Waals surface area contributed by atoms with E-state index in [1.807, 2.05) is 0 Å². The molecule has 0 aliphatic heterocycles. The van der Waals surface area contributed by atoms with E-state index in [1.165, 1.54) is 19.1 Å². The minimum Gasteiger partial charge on any atom is -0.481 e. The van der Waals surface area contributed by atoms with Gasteiger partial charge >= 0.3 is 12.1 Å². The Balaban J connectivity index is 2.03. The molecule has 0 atom stereocenters. The van der Waals surface area contributed by atoms with Gasteiger partial charge in [0.1, 0.15) is 0 Å². The third-order valence-electron chi connectivity index (χ3n) is 4.26. The smallest absolute Gasteiger partial charge is 0.416 e. The van der Waals surface area contributed by atoms with Crippen LogP contribution in [0.15, 0.2) is 18.2 Å². The molecule has 0 saturated heterocycles. The van der Waals surface area contributed by atoms with Crippen LogP contribution in [0.4, 0.5) is 18.9 Å².